The van der Waals surface area contributed by atoms with Crippen molar-refractivity contribution in [2.75, 3.05) is 6.61 Å². The lowest BCUT2D eigenvalue weighted by Crippen LogP contribution is -2.65. The number of hydrogen-bond acceptors (Lipinski definition) is 8. The number of hydrogen-bond donors (Lipinski definition) is 3. The monoisotopic (exact) mass is 644 g/mol. The first-order valence-corrected chi connectivity index (χ1v) is 18.0. The molecule has 1 spiro atoms. The molecular formula is C38H60O8. The van der Waals surface area contributed by atoms with Crippen LogP contribution in [-0.4, -0.2) is 63.1 Å². The van der Waals surface area contributed by atoms with Crippen LogP contribution in [0.25, 0.3) is 0 Å². The SMILES string of the molecule is CCCCCCCCCCCC(=O)O[C@@]12C[C@@H](C)C34C=C(C)[C@H](O)[C@@]3(O)[C@H](O)C(COC(=O)C(C)C(C)C)=C[C@H](C4=O)[C@@H]1C2(C)C. The van der Waals surface area contributed by atoms with Crippen molar-refractivity contribution < 1.29 is 39.2 Å². The highest BCUT2D eigenvalue weighted by molar-refractivity contribution is 5.96. The fourth-order valence-corrected chi connectivity index (χ4v) is 9.11. The van der Waals surface area contributed by atoms with E-state index in [-0.39, 0.29) is 35.8 Å². The Morgan fingerprint density at radius 2 is 1.57 bits per heavy atom. The van der Waals surface area contributed by atoms with Crippen LogP contribution < -0.4 is 0 Å². The van der Waals surface area contributed by atoms with E-state index < -0.39 is 58.0 Å². The predicted molar refractivity (Wildman–Crippen MR) is 176 cm³/mol. The summed E-state index contributed by atoms with van der Waals surface area (Å²) in [7, 11) is 0. The highest BCUT2D eigenvalue weighted by Gasteiger charge is 2.83. The van der Waals surface area contributed by atoms with Crippen LogP contribution in [0.3, 0.4) is 0 Å². The molecule has 2 fully saturated rings. The molecule has 9 atom stereocenters. The second-order valence-electron chi connectivity index (χ2n) is 15.9. The highest BCUT2D eigenvalue weighted by atomic mass is 16.6. The van der Waals surface area contributed by atoms with Crippen molar-refractivity contribution in [3.05, 3.63) is 23.3 Å². The number of allylic oxidation sites excluding steroid dienone is 1. The van der Waals surface area contributed by atoms with Crippen LogP contribution in [-0.2, 0) is 23.9 Å². The van der Waals surface area contributed by atoms with E-state index in [1.54, 1.807) is 26.0 Å². The molecular weight excluding hydrogens is 584 g/mol. The number of esters is 2. The minimum absolute atomic E-state index is 0.0414. The zero-order valence-electron chi connectivity index (χ0n) is 29.6. The van der Waals surface area contributed by atoms with E-state index in [0.717, 1.165) is 19.3 Å². The van der Waals surface area contributed by atoms with Gasteiger partial charge in [0.05, 0.1) is 11.3 Å². The van der Waals surface area contributed by atoms with Crippen LogP contribution >= 0.6 is 0 Å². The van der Waals surface area contributed by atoms with Gasteiger partial charge in [-0.3, -0.25) is 14.4 Å². The summed E-state index contributed by atoms with van der Waals surface area (Å²) in [5.74, 6) is -3.17. The van der Waals surface area contributed by atoms with Crippen molar-refractivity contribution in [2.45, 2.75) is 149 Å². The van der Waals surface area contributed by atoms with Gasteiger partial charge in [-0.15, -0.1) is 0 Å². The smallest absolute Gasteiger partial charge is 0.309 e. The number of ether oxygens (including phenoxy) is 2. The minimum atomic E-state index is -2.27. The minimum Gasteiger partial charge on any atom is -0.461 e. The summed E-state index contributed by atoms with van der Waals surface area (Å²) >= 11 is 0. The number of Topliss-reactive ketones (excluding diaryl/α,β-unsaturated/α-hetero) is 1. The molecule has 2 bridgehead atoms. The number of fused-ring (bicyclic) bond motifs is 3. The first-order valence-electron chi connectivity index (χ1n) is 18.0. The van der Waals surface area contributed by atoms with Gasteiger partial charge < -0.3 is 24.8 Å². The lowest BCUT2D eigenvalue weighted by molar-refractivity contribution is -0.192. The van der Waals surface area contributed by atoms with Gasteiger partial charge in [-0.05, 0) is 42.7 Å². The lowest BCUT2D eigenvalue weighted by Gasteiger charge is -2.48. The molecule has 2 unspecified atom stereocenters. The van der Waals surface area contributed by atoms with Crippen molar-refractivity contribution in [2.24, 2.45) is 40.4 Å². The van der Waals surface area contributed by atoms with Gasteiger partial charge in [-0.25, -0.2) is 0 Å². The molecule has 2 saturated carbocycles. The number of carbonyl (C=O) groups is 3. The van der Waals surface area contributed by atoms with Crippen LogP contribution in [0.1, 0.15) is 126 Å². The van der Waals surface area contributed by atoms with E-state index >= 15 is 0 Å². The molecule has 0 amide bonds. The fraction of sp³-hybridized carbons (Fsp3) is 0.816. The lowest BCUT2D eigenvalue weighted by atomic mass is 9.59. The molecule has 0 aromatic heterocycles. The van der Waals surface area contributed by atoms with Crippen molar-refractivity contribution in [3.63, 3.8) is 0 Å². The topological polar surface area (TPSA) is 130 Å². The molecule has 260 valence electrons. The second kappa shape index (κ2) is 13.8. The maximum atomic E-state index is 14.8. The van der Waals surface area contributed by atoms with Gasteiger partial charge in [0.1, 0.15) is 30.0 Å². The van der Waals surface area contributed by atoms with Crippen LogP contribution in [0.2, 0.25) is 0 Å². The summed E-state index contributed by atoms with van der Waals surface area (Å²) in [5.41, 5.74) is -4.80. The van der Waals surface area contributed by atoms with Crippen LogP contribution in [0.5, 0.6) is 0 Å². The van der Waals surface area contributed by atoms with Crippen molar-refractivity contribution in [3.8, 4) is 0 Å². The van der Waals surface area contributed by atoms with Crippen LogP contribution in [0, 0.1) is 40.4 Å². The van der Waals surface area contributed by atoms with E-state index in [4.69, 9.17) is 9.47 Å². The molecule has 4 rings (SSSR count). The van der Waals surface area contributed by atoms with Gasteiger partial charge >= 0.3 is 11.9 Å². The summed E-state index contributed by atoms with van der Waals surface area (Å²) in [6.45, 7) is 15.0. The van der Waals surface area contributed by atoms with Gasteiger partial charge in [0.15, 0.2) is 5.78 Å². The Morgan fingerprint density at radius 3 is 2.15 bits per heavy atom. The number of aliphatic hydroxyl groups excluding tert-OH is 2. The Hall–Kier alpha value is -2.03. The van der Waals surface area contributed by atoms with Crippen molar-refractivity contribution in [1.82, 2.24) is 0 Å². The van der Waals surface area contributed by atoms with E-state index in [9.17, 15) is 29.7 Å². The molecule has 8 heteroatoms. The Kier molecular flexibility index (Phi) is 11.1. The summed E-state index contributed by atoms with van der Waals surface area (Å²) in [4.78, 5) is 41.0. The average Bonchev–Trinajstić information content (AvgIpc) is 3.41. The first kappa shape index (κ1) is 36.8. The van der Waals surface area contributed by atoms with E-state index in [1.165, 1.54) is 38.5 Å². The Balaban J connectivity index is 1.59. The van der Waals surface area contributed by atoms with Gasteiger partial charge in [-0.2, -0.15) is 0 Å². The average molecular weight is 645 g/mol. The van der Waals surface area contributed by atoms with E-state index in [2.05, 4.69) is 6.92 Å². The maximum absolute atomic E-state index is 14.8. The third-order valence-corrected chi connectivity index (χ3v) is 12.4. The molecule has 3 N–H and O–H groups in total. The Bertz CT molecular complexity index is 1220. The predicted octanol–water partition coefficient (Wildman–Crippen LogP) is 6.24. The molecule has 0 aliphatic heterocycles. The summed E-state index contributed by atoms with van der Waals surface area (Å²) in [6, 6.07) is 0. The maximum Gasteiger partial charge on any atom is 0.309 e. The fourth-order valence-electron chi connectivity index (χ4n) is 9.11. The normalized spacial score (nSPS) is 36.5. The Labute approximate surface area is 276 Å². The zero-order chi connectivity index (χ0) is 34.2. The van der Waals surface area contributed by atoms with Gasteiger partial charge in [-0.1, -0.05) is 112 Å². The number of unbranched alkanes of at least 4 members (excludes halogenated alkanes) is 8. The van der Waals surface area contributed by atoms with E-state index in [0.29, 0.717) is 18.4 Å². The molecule has 8 nitrogen and oxygen atoms in total. The van der Waals surface area contributed by atoms with Crippen LogP contribution in [0.15, 0.2) is 23.3 Å². The third-order valence-electron chi connectivity index (χ3n) is 12.4. The zero-order valence-corrected chi connectivity index (χ0v) is 29.6. The second-order valence-corrected chi connectivity index (χ2v) is 15.9. The number of ketones is 1. The molecule has 4 aliphatic carbocycles. The largest absolute Gasteiger partial charge is 0.461 e. The van der Waals surface area contributed by atoms with Gasteiger partial charge in [0.2, 0.25) is 0 Å². The molecule has 0 aromatic carbocycles. The van der Waals surface area contributed by atoms with Crippen LogP contribution in [0.4, 0.5) is 0 Å². The molecule has 0 radical (unpaired) electrons. The number of carbonyl (C=O) groups excluding carboxylic acids is 3. The third kappa shape index (κ3) is 5.93. The van der Waals surface area contributed by atoms with Gasteiger partial charge in [0.25, 0.3) is 0 Å². The van der Waals surface area contributed by atoms with Gasteiger partial charge in [0, 0.05) is 23.7 Å². The number of aliphatic hydroxyl groups is 3. The summed E-state index contributed by atoms with van der Waals surface area (Å²) in [6.07, 6.45) is 11.0. The van der Waals surface area contributed by atoms with Crippen molar-refractivity contribution in [1.29, 1.82) is 0 Å². The quantitative estimate of drug-likeness (QED) is 0.108. The van der Waals surface area contributed by atoms with Crippen molar-refractivity contribution >= 4 is 17.7 Å². The van der Waals surface area contributed by atoms with E-state index in [1.807, 2.05) is 34.6 Å². The number of rotatable bonds is 15. The summed E-state index contributed by atoms with van der Waals surface area (Å²) in [5, 5.41) is 35.6. The summed E-state index contributed by atoms with van der Waals surface area (Å²) < 4.78 is 12.0. The molecule has 0 aromatic rings. The molecule has 4 aliphatic rings. The molecule has 0 heterocycles. The molecule has 0 saturated heterocycles. The standard InChI is InChI=1S/C38H60O8/c1-9-10-11-12-13-14-15-16-17-18-29(39)46-37-21-25(5)36-20-24(4)31(40)38(36,44)32(41)27(22-45-34(43)26(6)23(2)3)19-28(33(36)42)30(37)35(37,7)8/h19-20,23,25-26,28,30-32,40-41,44H,9-18,21-22H2,1-8H3/t25-,26?,28+,30-,31+,32-,36?,37+,38-/m1/s1. The highest BCUT2D eigenvalue weighted by Crippen LogP contribution is 2.75. The Morgan fingerprint density at radius 1 is 0.978 bits per heavy atom. The first-order chi connectivity index (χ1) is 21.5. The molecule has 46 heavy (non-hydrogen) atoms.